The van der Waals surface area contributed by atoms with Gasteiger partial charge in [-0.2, -0.15) is 0 Å². The van der Waals surface area contributed by atoms with E-state index in [9.17, 15) is 19.0 Å². The number of phosphoric acid groups is 1. The summed E-state index contributed by atoms with van der Waals surface area (Å²) < 4.78 is 34.4. The number of rotatable bonds is 46. The summed E-state index contributed by atoms with van der Waals surface area (Å²) in [6.45, 7) is 4.47. The van der Waals surface area contributed by atoms with Crippen molar-refractivity contribution in [2.45, 2.75) is 251 Å². The van der Waals surface area contributed by atoms with Gasteiger partial charge in [0.1, 0.15) is 19.8 Å². The molecule has 0 aliphatic rings. The first-order valence-corrected chi connectivity index (χ1v) is 26.3. The van der Waals surface area contributed by atoms with Gasteiger partial charge < -0.3 is 18.9 Å². The normalized spacial score (nSPS) is 13.4. The lowest BCUT2D eigenvalue weighted by Crippen LogP contribution is -2.37. The Morgan fingerprint density at radius 2 is 0.776 bits per heavy atom. The van der Waals surface area contributed by atoms with Gasteiger partial charge in [0.25, 0.3) is 0 Å². The van der Waals surface area contributed by atoms with Crippen molar-refractivity contribution in [1.29, 1.82) is 0 Å². The fraction of sp³-hybridized carbons (Fsp3) is 0.958. The topological polar surface area (TPSA) is 108 Å². The molecule has 0 aromatic rings. The number of hydrogen-bond donors (Lipinski definition) is 1. The highest BCUT2D eigenvalue weighted by Crippen LogP contribution is 2.43. The molecular weight excluding hydrogens is 750 g/mol. The molecule has 0 radical (unpaired) electrons. The van der Waals surface area contributed by atoms with E-state index in [4.69, 9.17) is 18.5 Å². The number of nitrogens with zero attached hydrogens (tertiary/aromatic N) is 1. The second-order valence-electron chi connectivity index (χ2n) is 18.2. The molecule has 58 heavy (non-hydrogen) atoms. The zero-order chi connectivity index (χ0) is 42.8. The predicted octanol–water partition coefficient (Wildman–Crippen LogP) is 14.4. The van der Waals surface area contributed by atoms with Crippen molar-refractivity contribution in [1.82, 2.24) is 0 Å². The Morgan fingerprint density at radius 1 is 0.466 bits per heavy atom. The average molecular weight is 847 g/mol. The number of likely N-dealkylation sites (N-methyl/N-ethyl adjacent to an activating group) is 1. The highest BCUT2D eigenvalue weighted by atomic mass is 31.2. The van der Waals surface area contributed by atoms with Crippen LogP contribution < -0.4 is 0 Å². The fourth-order valence-electron chi connectivity index (χ4n) is 7.25. The minimum Gasteiger partial charge on any atom is -0.462 e. The van der Waals surface area contributed by atoms with Gasteiger partial charge in [-0.05, 0) is 12.8 Å². The summed E-state index contributed by atoms with van der Waals surface area (Å²) in [5, 5.41) is 0. The standard InChI is InChI=1S/C48H96NO8P/c1-6-8-10-12-14-16-18-20-21-22-23-24-25-26-27-29-31-33-35-37-39-41-48(51)57-46(45-56-58(52,53)55-43-42-49(3,4)5)44-54-47(50)40-38-36-34-32-30-28-19-17-15-13-11-9-7-2/h46H,6-45H2,1-5H3/p+1/t46-/m1/s1. The number of phosphoric ester groups is 1. The maximum absolute atomic E-state index is 12.7. The quantitative estimate of drug-likeness (QED) is 0.0279. The van der Waals surface area contributed by atoms with Crippen molar-refractivity contribution in [3.05, 3.63) is 0 Å². The molecule has 2 atom stereocenters. The summed E-state index contributed by atoms with van der Waals surface area (Å²) in [6.07, 6.45) is 42.9. The molecule has 0 heterocycles. The molecule has 0 amide bonds. The van der Waals surface area contributed by atoms with Gasteiger partial charge in [-0.3, -0.25) is 18.6 Å². The minimum absolute atomic E-state index is 0.0370. The van der Waals surface area contributed by atoms with Crippen molar-refractivity contribution < 1.29 is 42.1 Å². The van der Waals surface area contributed by atoms with E-state index in [1.807, 2.05) is 21.1 Å². The molecule has 9 nitrogen and oxygen atoms in total. The minimum atomic E-state index is -4.37. The van der Waals surface area contributed by atoms with Crippen LogP contribution in [-0.4, -0.2) is 74.9 Å². The first-order valence-electron chi connectivity index (χ1n) is 24.8. The highest BCUT2D eigenvalue weighted by molar-refractivity contribution is 7.47. The lowest BCUT2D eigenvalue weighted by molar-refractivity contribution is -0.870. The Labute approximate surface area is 359 Å². The Morgan fingerprint density at radius 3 is 1.10 bits per heavy atom. The lowest BCUT2D eigenvalue weighted by atomic mass is 10.0. The number of carbonyl (C=O) groups is 2. The number of esters is 2. The van der Waals surface area contributed by atoms with Crippen LogP contribution in [0, 0.1) is 0 Å². The van der Waals surface area contributed by atoms with E-state index in [1.165, 1.54) is 180 Å². The number of unbranched alkanes of at least 4 members (excludes halogenated alkanes) is 32. The maximum atomic E-state index is 12.7. The van der Waals surface area contributed by atoms with Crippen molar-refractivity contribution in [3.8, 4) is 0 Å². The van der Waals surface area contributed by atoms with Crippen LogP contribution in [0.2, 0.25) is 0 Å². The van der Waals surface area contributed by atoms with Crippen LogP contribution in [0.5, 0.6) is 0 Å². The van der Waals surface area contributed by atoms with Crippen LogP contribution >= 0.6 is 7.82 Å². The zero-order valence-corrected chi connectivity index (χ0v) is 40.0. The molecule has 0 aliphatic carbocycles. The fourth-order valence-corrected chi connectivity index (χ4v) is 7.99. The molecule has 0 aromatic carbocycles. The second-order valence-corrected chi connectivity index (χ2v) is 19.7. The summed E-state index contributed by atoms with van der Waals surface area (Å²) in [5.74, 6) is -0.780. The van der Waals surface area contributed by atoms with E-state index in [2.05, 4.69) is 13.8 Å². The Hall–Kier alpha value is -0.990. The zero-order valence-electron chi connectivity index (χ0n) is 39.1. The summed E-state index contributed by atoms with van der Waals surface area (Å²) >= 11 is 0. The molecule has 0 bridgehead atoms. The monoisotopic (exact) mass is 847 g/mol. The highest BCUT2D eigenvalue weighted by Gasteiger charge is 2.27. The van der Waals surface area contributed by atoms with Gasteiger partial charge in [-0.1, -0.05) is 219 Å². The molecule has 0 fully saturated rings. The van der Waals surface area contributed by atoms with E-state index >= 15 is 0 Å². The maximum Gasteiger partial charge on any atom is 0.472 e. The number of carbonyl (C=O) groups excluding carboxylic acids is 2. The number of ether oxygens (including phenoxy) is 2. The van der Waals surface area contributed by atoms with E-state index in [0.717, 1.165) is 38.5 Å². The van der Waals surface area contributed by atoms with Crippen LogP contribution in [0.25, 0.3) is 0 Å². The first-order chi connectivity index (χ1) is 28.0. The van der Waals surface area contributed by atoms with Crippen LogP contribution in [-0.2, 0) is 32.7 Å². The van der Waals surface area contributed by atoms with E-state index < -0.39 is 26.5 Å². The van der Waals surface area contributed by atoms with Crippen LogP contribution in [0.1, 0.15) is 245 Å². The molecule has 1 N–H and O–H groups in total. The molecule has 10 heteroatoms. The van der Waals surface area contributed by atoms with Crippen LogP contribution in [0.4, 0.5) is 0 Å². The SMILES string of the molecule is CCCCCCCCCCCCCCCCCCCCCCCC(=O)O[C@H](COC(=O)CCCCCCCCCCCCCCC)COP(=O)(O)OCC[N+](C)(C)C. The van der Waals surface area contributed by atoms with Crippen molar-refractivity contribution in [2.75, 3.05) is 47.5 Å². The number of hydrogen-bond acceptors (Lipinski definition) is 7. The third kappa shape index (κ3) is 44.6. The molecular formula is C48H97NO8P+. The molecule has 346 valence electrons. The van der Waals surface area contributed by atoms with Gasteiger partial charge in [0.05, 0.1) is 27.7 Å². The van der Waals surface area contributed by atoms with E-state index in [-0.39, 0.29) is 25.6 Å². The predicted molar refractivity (Wildman–Crippen MR) is 243 cm³/mol. The van der Waals surface area contributed by atoms with E-state index in [1.54, 1.807) is 0 Å². The summed E-state index contributed by atoms with van der Waals surface area (Å²) in [6, 6.07) is 0. The molecule has 0 saturated heterocycles. The largest absolute Gasteiger partial charge is 0.472 e. The second kappa shape index (κ2) is 41.4. The van der Waals surface area contributed by atoms with E-state index in [0.29, 0.717) is 17.4 Å². The summed E-state index contributed by atoms with van der Waals surface area (Å²) in [4.78, 5) is 35.4. The van der Waals surface area contributed by atoms with Gasteiger partial charge in [0.2, 0.25) is 0 Å². The third-order valence-electron chi connectivity index (χ3n) is 11.1. The Bertz CT molecular complexity index is 958. The van der Waals surface area contributed by atoms with Gasteiger partial charge in [0, 0.05) is 12.8 Å². The van der Waals surface area contributed by atoms with Crippen LogP contribution in [0.3, 0.4) is 0 Å². The molecule has 0 aromatic heterocycles. The van der Waals surface area contributed by atoms with Gasteiger partial charge >= 0.3 is 19.8 Å². The van der Waals surface area contributed by atoms with Gasteiger partial charge in [-0.25, -0.2) is 4.57 Å². The third-order valence-corrected chi connectivity index (χ3v) is 12.1. The van der Waals surface area contributed by atoms with Crippen molar-refractivity contribution in [3.63, 3.8) is 0 Å². The molecule has 0 saturated carbocycles. The average Bonchev–Trinajstić information content (AvgIpc) is 3.17. The molecule has 0 spiro atoms. The Kier molecular flexibility index (Phi) is 40.7. The lowest BCUT2D eigenvalue weighted by Gasteiger charge is -2.24. The van der Waals surface area contributed by atoms with Crippen molar-refractivity contribution >= 4 is 19.8 Å². The van der Waals surface area contributed by atoms with Crippen LogP contribution in [0.15, 0.2) is 0 Å². The molecule has 1 unspecified atom stereocenters. The van der Waals surface area contributed by atoms with Crippen molar-refractivity contribution in [2.24, 2.45) is 0 Å². The first kappa shape index (κ1) is 57.0. The van der Waals surface area contributed by atoms with Gasteiger partial charge in [0.15, 0.2) is 6.10 Å². The summed E-state index contributed by atoms with van der Waals surface area (Å²) in [7, 11) is 1.50. The molecule has 0 rings (SSSR count). The summed E-state index contributed by atoms with van der Waals surface area (Å²) in [5.41, 5.74) is 0. The van der Waals surface area contributed by atoms with Gasteiger partial charge in [-0.15, -0.1) is 0 Å². The molecule has 0 aliphatic heterocycles. The smallest absolute Gasteiger partial charge is 0.462 e. The number of quaternary nitrogens is 1. The Balaban J connectivity index is 4.19.